The van der Waals surface area contributed by atoms with Crippen molar-refractivity contribution in [1.29, 1.82) is 0 Å². The van der Waals surface area contributed by atoms with Crippen LogP contribution in [-0.2, 0) is 13.1 Å². The Kier molecular flexibility index (Phi) is 7.99. The Hall–Kier alpha value is -6.75. The molecule has 0 saturated heterocycles. The summed E-state index contributed by atoms with van der Waals surface area (Å²) in [5, 5.41) is 7.62. The quantitative estimate of drug-likeness (QED) is 0.150. The van der Waals surface area contributed by atoms with E-state index in [1.54, 1.807) is 42.0 Å². The molecule has 8 rings (SSSR count). The average molecular weight is 683 g/mol. The zero-order valence-corrected chi connectivity index (χ0v) is 27.3. The number of nitrogens with one attached hydrogen (secondary N) is 2. The summed E-state index contributed by atoms with van der Waals surface area (Å²) in [6.45, 7) is 2.73. The highest BCUT2D eigenvalue weighted by molar-refractivity contribution is 6.10. The first-order chi connectivity index (χ1) is 24.8. The SMILES string of the molecule is Cc1c(C(=O)Nc2cn(Cc3ccc(F)cc3)c3ccccc23)co[n+]1-c1ccc2c(c1)c(NC(=O)c1ccoc1)cn2Cc1ccc(F)cc1. The maximum atomic E-state index is 13.7. The number of benzene rings is 4. The van der Waals surface area contributed by atoms with E-state index >= 15 is 0 Å². The van der Waals surface area contributed by atoms with E-state index in [2.05, 4.69) is 10.6 Å². The minimum atomic E-state index is -0.348. The molecule has 0 aliphatic heterocycles. The molecule has 2 N–H and O–H groups in total. The van der Waals surface area contributed by atoms with Crippen LogP contribution in [0.5, 0.6) is 0 Å². The van der Waals surface area contributed by atoms with Crippen LogP contribution in [0.15, 0.2) is 137 Å². The van der Waals surface area contributed by atoms with E-state index in [1.807, 2.05) is 64.0 Å². The zero-order chi connectivity index (χ0) is 35.1. The summed E-state index contributed by atoms with van der Waals surface area (Å²) in [5.41, 5.74) is 6.65. The monoisotopic (exact) mass is 682 g/mol. The molecule has 252 valence electrons. The molecule has 0 aliphatic carbocycles. The van der Waals surface area contributed by atoms with Gasteiger partial charge < -0.3 is 24.2 Å². The Balaban J connectivity index is 1.10. The lowest BCUT2D eigenvalue weighted by molar-refractivity contribution is -0.788. The van der Waals surface area contributed by atoms with Gasteiger partial charge in [-0.25, -0.2) is 13.3 Å². The Bertz CT molecular complexity index is 2550. The second-order valence-electron chi connectivity index (χ2n) is 12.2. The molecule has 0 fully saturated rings. The summed E-state index contributed by atoms with van der Waals surface area (Å²) >= 11 is 0. The third-order valence-electron chi connectivity index (χ3n) is 8.91. The first-order valence-corrected chi connectivity index (χ1v) is 16.2. The minimum absolute atomic E-state index is 0.297. The smallest absolute Gasteiger partial charge is 0.265 e. The zero-order valence-electron chi connectivity index (χ0n) is 27.3. The van der Waals surface area contributed by atoms with Gasteiger partial charge in [0.25, 0.3) is 17.5 Å². The number of carbonyl (C=O) groups excluding carboxylic acids is 2. The van der Waals surface area contributed by atoms with E-state index < -0.39 is 0 Å². The molecule has 0 saturated carbocycles. The van der Waals surface area contributed by atoms with Crippen molar-refractivity contribution < 1.29 is 32.0 Å². The van der Waals surface area contributed by atoms with Gasteiger partial charge in [0, 0.05) is 60.1 Å². The normalized spacial score (nSPS) is 11.4. The fraction of sp³-hybridized carbons (Fsp3) is 0.0750. The van der Waals surface area contributed by atoms with Gasteiger partial charge >= 0.3 is 0 Å². The van der Waals surface area contributed by atoms with Gasteiger partial charge in [0.15, 0.2) is 11.8 Å². The number of rotatable bonds is 9. The summed E-state index contributed by atoms with van der Waals surface area (Å²) in [5.74, 6) is -1.30. The maximum Gasteiger partial charge on any atom is 0.265 e. The summed E-state index contributed by atoms with van der Waals surface area (Å²) in [6.07, 6.45) is 7.92. The standard InChI is InChI=1S/C40H29F2N5O4/c1-25-34(40(49)44-35-21-45(37-5-3-2-4-32(35)37)19-26-6-10-29(41)11-7-26)24-51-47(25)31-14-15-38-33(18-31)36(43-39(48)28-16-17-50-23-28)22-46(38)20-27-8-12-30(42)13-9-27/h2-18,21-24H,19-20H2,1H3,(H-,43,44,48,49)/p+1. The number of nitrogens with zero attached hydrogens (tertiary/aromatic N) is 3. The highest BCUT2D eigenvalue weighted by Gasteiger charge is 2.27. The molecule has 0 aliphatic rings. The van der Waals surface area contributed by atoms with Crippen LogP contribution in [0.25, 0.3) is 27.5 Å². The van der Waals surface area contributed by atoms with Crippen molar-refractivity contribution in [3.8, 4) is 5.69 Å². The van der Waals surface area contributed by atoms with E-state index in [4.69, 9.17) is 8.94 Å². The highest BCUT2D eigenvalue weighted by atomic mass is 19.1. The van der Waals surface area contributed by atoms with Crippen molar-refractivity contribution >= 4 is 45.0 Å². The van der Waals surface area contributed by atoms with E-state index in [1.165, 1.54) is 43.1 Å². The summed E-state index contributed by atoms with van der Waals surface area (Å²) in [6, 6.07) is 27.6. The van der Waals surface area contributed by atoms with Crippen molar-refractivity contribution in [3.05, 3.63) is 168 Å². The topological polar surface area (TPSA) is 98.2 Å². The Morgan fingerprint density at radius 1 is 0.706 bits per heavy atom. The van der Waals surface area contributed by atoms with Crippen molar-refractivity contribution in [3.63, 3.8) is 0 Å². The molecule has 9 nitrogen and oxygen atoms in total. The molecule has 0 bridgehead atoms. The molecule has 4 aromatic carbocycles. The largest absolute Gasteiger partial charge is 0.472 e. The summed E-state index contributed by atoms with van der Waals surface area (Å²) in [7, 11) is 0. The predicted octanol–water partition coefficient (Wildman–Crippen LogP) is 8.25. The van der Waals surface area contributed by atoms with Crippen molar-refractivity contribution in [1.82, 2.24) is 9.13 Å². The lowest BCUT2D eigenvalue weighted by Crippen LogP contribution is -2.32. The molecule has 0 atom stereocenters. The van der Waals surface area contributed by atoms with Gasteiger partial charge in [-0.3, -0.25) is 9.59 Å². The minimum Gasteiger partial charge on any atom is -0.472 e. The third-order valence-corrected chi connectivity index (χ3v) is 8.91. The number of carbonyl (C=O) groups is 2. The summed E-state index contributed by atoms with van der Waals surface area (Å²) in [4.78, 5) is 26.8. The molecule has 4 aromatic heterocycles. The number of furan rings is 1. The fourth-order valence-electron chi connectivity index (χ4n) is 6.32. The van der Waals surface area contributed by atoms with E-state index in [0.717, 1.165) is 32.9 Å². The van der Waals surface area contributed by atoms with Gasteiger partial charge in [0.1, 0.15) is 17.9 Å². The van der Waals surface area contributed by atoms with Gasteiger partial charge in [-0.2, -0.15) is 0 Å². The van der Waals surface area contributed by atoms with Gasteiger partial charge in [0.2, 0.25) is 5.69 Å². The molecule has 0 radical (unpaired) electrons. The number of aromatic nitrogens is 3. The van der Waals surface area contributed by atoms with E-state index in [-0.39, 0.29) is 23.4 Å². The molecule has 8 aromatic rings. The van der Waals surface area contributed by atoms with Gasteiger partial charge in [0.05, 0.1) is 34.2 Å². The third kappa shape index (κ3) is 6.17. The highest BCUT2D eigenvalue weighted by Crippen LogP contribution is 2.30. The van der Waals surface area contributed by atoms with Crippen molar-refractivity contribution in [2.75, 3.05) is 10.6 Å². The van der Waals surface area contributed by atoms with Crippen LogP contribution in [0.3, 0.4) is 0 Å². The van der Waals surface area contributed by atoms with Crippen LogP contribution in [-0.4, -0.2) is 20.9 Å². The first kappa shape index (κ1) is 31.5. The van der Waals surface area contributed by atoms with Crippen LogP contribution >= 0.6 is 0 Å². The van der Waals surface area contributed by atoms with Gasteiger partial charge in [-0.1, -0.05) is 42.5 Å². The second-order valence-corrected chi connectivity index (χ2v) is 12.2. The Labute approximate surface area is 289 Å². The molecular weight excluding hydrogens is 652 g/mol. The second kappa shape index (κ2) is 12.9. The number of fused-ring (bicyclic) bond motifs is 2. The Morgan fingerprint density at radius 2 is 1.31 bits per heavy atom. The van der Waals surface area contributed by atoms with Crippen LogP contribution in [0.1, 0.15) is 37.5 Å². The van der Waals surface area contributed by atoms with E-state index in [9.17, 15) is 18.4 Å². The molecule has 11 heteroatoms. The van der Waals surface area contributed by atoms with Gasteiger partial charge in [-0.05, 0) is 53.6 Å². The average Bonchev–Trinajstić information content (AvgIpc) is 3.94. The molecule has 51 heavy (non-hydrogen) atoms. The predicted molar refractivity (Wildman–Crippen MR) is 188 cm³/mol. The number of anilines is 2. The number of hydrogen-bond acceptors (Lipinski definition) is 4. The first-order valence-electron chi connectivity index (χ1n) is 16.2. The van der Waals surface area contributed by atoms with Gasteiger partial charge in [-0.15, -0.1) is 0 Å². The molecule has 0 spiro atoms. The number of halogens is 2. The Morgan fingerprint density at radius 3 is 1.96 bits per heavy atom. The van der Waals surface area contributed by atoms with Crippen LogP contribution < -0.4 is 15.4 Å². The maximum absolute atomic E-state index is 13.7. The van der Waals surface area contributed by atoms with Crippen LogP contribution in [0, 0.1) is 18.6 Å². The van der Waals surface area contributed by atoms with Crippen molar-refractivity contribution in [2.45, 2.75) is 20.0 Å². The number of amides is 2. The molecular formula is C40H30F2N5O4+. The lowest BCUT2D eigenvalue weighted by Gasteiger charge is -2.05. The number of hydrogen-bond donors (Lipinski definition) is 2. The molecule has 0 unspecified atom stereocenters. The van der Waals surface area contributed by atoms with E-state index in [0.29, 0.717) is 47.0 Å². The van der Waals surface area contributed by atoms with Crippen molar-refractivity contribution in [2.24, 2.45) is 0 Å². The number of para-hydroxylation sites is 1. The fourth-order valence-corrected chi connectivity index (χ4v) is 6.32. The van der Waals surface area contributed by atoms with Crippen LogP contribution in [0.2, 0.25) is 0 Å². The lowest BCUT2D eigenvalue weighted by atomic mass is 10.2. The molecule has 2 amide bonds. The van der Waals surface area contributed by atoms with Crippen LogP contribution in [0.4, 0.5) is 20.2 Å². The summed E-state index contributed by atoms with van der Waals surface area (Å²) < 4.78 is 43.7. The molecule has 4 heterocycles.